The van der Waals surface area contributed by atoms with Crippen LogP contribution in [0.25, 0.3) is 10.9 Å². The molecule has 31 heavy (non-hydrogen) atoms. The Bertz CT molecular complexity index is 1230. The van der Waals surface area contributed by atoms with Gasteiger partial charge in [0.05, 0.1) is 4.90 Å². The van der Waals surface area contributed by atoms with Gasteiger partial charge in [-0.1, -0.05) is 18.2 Å². The van der Waals surface area contributed by atoms with E-state index in [4.69, 9.17) is 0 Å². The van der Waals surface area contributed by atoms with Crippen LogP contribution in [0.2, 0.25) is 0 Å². The molecule has 0 spiro atoms. The summed E-state index contributed by atoms with van der Waals surface area (Å²) in [6.45, 7) is -0.0904. The summed E-state index contributed by atoms with van der Waals surface area (Å²) in [4.78, 5) is 13.6. The lowest BCUT2D eigenvalue weighted by Crippen LogP contribution is -2.40. The first-order chi connectivity index (χ1) is 14.7. The number of hydrogen-bond acceptors (Lipinski definition) is 4. The highest BCUT2D eigenvalue weighted by molar-refractivity contribution is 7.89. The van der Waals surface area contributed by atoms with Crippen molar-refractivity contribution in [1.82, 2.24) is 8.87 Å². The van der Waals surface area contributed by atoms with Gasteiger partial charge in [0.25, 0.3) is 0 Å². The predicted molar refractivity (Wildman–Crippen MR) is 121 cm³/mol. The monoisotopic (exact) mass is 441 g/mol. The molecule has 1 unspecified atom stereocenters. The Hall–Kier alpha value is -2.84. The summed E-state index contributed by atoms with van der Waals surface area (Å²) < 4.78 is 29.9. The Kier molecular flexibility index (Phi) is 5.53. The first kappa shape index (κ1) is 21.4. The number of fused-ring (bicyclic) bond motifs is 3. The van der Waals surface area contributed by atoms with Crippen molar-refractivity contribution >= 4 is 32.6 Å². The zero-order valence-electron chi connectivity index (χ0n) is 17.9. The van der Waals surface area contributed by atoms with E-state index >= 15 is 0 Å². The lowest BCUT2D eigenvalue weighted by molar-refractivity contribution is -0.137. The number of likely N-dealkylation sites (N-methyl/N-ethyl adjacent to an activating group) is 1. The molecule has 0 saturated carbocycles. The molecule has 1 aliphatic rings. The van der Waals surface area contributed by atoms with Crippen LogP contribution in [0, 0.1) is 0 Å². The van der Waals surface area contributed by atoms with Gasteiger partial charge in [0.1, 0.15) is 6.54 Å². The van der Waals surface area contributed by atoms with E-state index in [1.807, 2.05) is 47.8 Å². The number of benzene rings is 2. The zero-order valence-corrected chi connectivity index (χ0v) is 18.8. The molecule has 0 fully saturated rings. The first-order valence-corrected chi connectivity index (χ1v) is 11.7. The average molecular weight is 442 g/mol. The molecule has 0 aliphatic heterocycles. The molecule has 8 heteroatoms. The molecule has 0 radical (unpaired) electrons. The molecule has 0 amide bonds. The number of aromatic nitrogens is 1. The number of nitrogens with zero attached hydrogens (tertiary/aromatic N) is 3. The first-order valence-electron chi connectivity index (χ1n) is 10.3. The van der Waals surface area contributed by atoms with Crippen LogP contribution < -0.4 is 4.90 Å². The third-order valence-electron chi connectivity index (χ3n) is 6.19. The fourth-order valence-electron chi connectivity index (χ4n) is 4.49. The standard InChI is InChI=1S/C23H27N3O4S/c1-24(2)16-8-11-18(12-9-16)31(29,30)25(3)17-10-13-22-20(14-17)19-6-4-5-7-21(19)26(22)15-23(27)28/h4-9,11-12,17H,10,13-15H2,1-3H3,(H,27,28). The van der Waals surface area contributed by atoms with Gasteiger partial charge >= 0.3 is 5.97 Å². The number of hydrogen-bond donors (Lipinski definition) is 1. The largest absolute Gasteiger partial charge is 0.480 e. The molecule has 1 aromatic heterocycles. The molecular weight excluding hydrogens is 414 g/mol. The van der Waals surface area contributed by atoms with E-state index in [1.54, 1.807) is 31.3 Å². The Balaban J connectivity index is 1.66. The van der Waals surface area contributed by atoms with E-state index in [0.29, 0.717) is 19.3 Å². The van der Waals surface area contributed by atoms with Crippen LogP contribution in [0.1, 0.15) is 17.7 Å². The maximum atomic E-state index is 13.3. The van der Waals surface area contributed by atoms with Crippen LogP contribution in [-0.4, -0.2) is 55.6 Å². The molecule has 1 atom stereocenters. The smallest absolute Gasteiger partial charge is 0.323 e. The normalized spacial score (nSPS) is 16.5. The lowest BCUT2D eigenvalue weighted by Gasteiger charge is -2.31. The second-order valence-corrected chi connectivity index (χ2v) is 10.2. The second-order valence-electron chi connectivity index (χ2n) is 8.23. The lowest BCUT2D eigenvalue weighted by atomic mass is 9.91. The molecule has 0 bridgehead atoms. The fraction of sp³-hybridized carbons (Fsp3) is 0.348. The highest BCUT2D eigenvalue weighted by Crippen LogP contribution is 2.35. The molecule has 1 heterocycles. The van der Waals surface area contributed by atoms with Crippen LogP contribution in [-0.2, 0) is 34.2 Å². The van der Waals surface area contributed by atoms with Gasteiger partial charge < -0.3 is 14.6 Å². The molecule has 164 valence electrons. The van der Waals surface area contributed by atoms with Crippen molar-refractivity contribution < 1.29 is 18.3 Å². The summed E-state index contributed by atoms with van der Waals surface area (Å²) in [5.74, 6) is -0.883. The third-order valence-corrected chi connectivity index (χ3v) is 8.11. The van der Waals surface area contributed by atoms with Crippen molar-refractivity contribution in [3.63, 3.8) is 0 Å². The van der Waals surface area contributed by atoms with Crippen LogP contribution in [0.5, 0.6) is 0 Å². The number of aliphatic carboxylic acids is 1. The molecule has 1 N–H and O–H groups in total. The Morgan fingerprint density at radius 1 is 1.10 bits per heavy atom. The third kappa shape index (κ3) is 3.81. The van der Waals surface area contributed by atoms with Gasteiger partial charge in [0, 0.05) is 49.5 Å². The van der Waals surface area contributed by atoms with Crippen LogP contribution >= 0.6 is 0 Å². The number of carboxylic acids is 1. The Morgan fingerprint density at radius 2 is 1.77 bits per heavy atom. The van der Waals surface area contributed by atoms with Gasteiger partial charge in [0.2, 0.25) is 10.0 Å². The van der Waals surface area contributed by atoms with Crippen LogP contribution in [0.4, 0.5) is 5.69 Å². The van der Waals surface area contributed by atoms with Gasteiger partial charge in [-0.05, 0) is 55.2 Å². The minimum atomic E-state index is -3.64. The Morgan fingerprint density at radius 3 is 2.42 bits per heavy atom. The Labute approximate surface area is 182 Å². The molecule has 1 aliphatic carbocycles. The van der Waals surface area contributed by atoms with Crippen molar-refractivity contribution in [1.29, 1.82) is 0 Å². The number of rotatable bonds is 6. The summed E-state index contributed by atoms with van der Waals surface area (Å²) in [6, 6.07) is 14.5. The minimum Gasteiger partial charge on any atom is -0.480 e. The predicted octanol–water partition coefficient (Wildman–Crippen LogP) is 2.97. The van der Waals surface area contributed by atoms with Crippen LogP contribution in [0.15, 0.2) is 53.4 Å². The van der Waals surface area contributed by atoms with Gasteiger partial charge in [0.15, 0.2) is 0 Å². The van der Waals surface area contributed by atoms with Gasteiger partial charge in [-0.2, -0.15) is 4.31 Å². The quantitative estimate of drug-likeness (QED) is 0.636. The van der Waals surface area contributed by atoms with Crippen LogP contribution in [0.3, 0.4) is 0 Å². The summed E-state index contributed by atoms with van der Waals surface area (Å²) in [6.07, 6.45) is 1.85. The summed E-state index contributed by atoms with van der Waals surface area (Å²) in [5, 5.41) is 10.4. The molecular formula is C23H27N3O4S. The summed E-state index contributed by atoms with van der Waals surface area (Å²) >= 11 is 0. The van der Waals surface area contributed by atoms with Crippen molar-refractivity contribution in [2.75, 3.05) is 26.0 Å². The second kappa shape index (κ2) is 8.01. The molecule has 7 nitrogen and oxygen atoms in total. The van der Waals surface area contributed by atoms with Crippen molar-refractivity contribution in [2.45, 2.75) is 36.7 Å². The number of sulfonamides is 1. The molecule has 2 aromatic carbocycles. The molecule has 0 saturated heterocycles. The maximum Gasteiger partial charge on any atom is 0.323 e. The van der Waals surface area contributed by atoms with Gasteiger partial charge in [-0.3, -0.25) is 4.79 Å². The summed E-state index contributed by atoms with van der Waals surface area (Å²) in [7, 11) is 1.83. The SMILES string of the molecule is CN(C)c1ccc(S(=O)(=O)N(C)C2CCc3c(c4ccccc4n3CC(=O)O)C2)cc1. The maximum absolute atomic E-state index is 13.3. The van der Waals surface area contributed by atoms with Crippen molar-refractivity contribution in [2.24, 2.45) is 0 Å². The number of carbonyl (C=O) groups is 1. The zero-order chi connectivity index (χ0) is 22.3. The van der Waals surface area contributed by atoms with Crippen molar-refractivity contribution in [3.05, 3.63) is 59.8 Å². The molecule has 4 rings (SSSR count). The topological polar surface area (TPSA) is 82.9 Å². The van der Waals surface area contributed by atoms with E-state index in [1.165, 1.54) is 4.31 Å². The van der Waals surface area contributed by atoms with E-state index in [2.05, 4.69) is 0 Å². The van der Waals surface area contributed by atoms with Gasteiger partial charge in [-0.25, -0.2) is 8.42 Å². The highest BCUT2D eigenvalue weighted by Gasteiger charge is 2.33. The number of carboxylic acid groups (broad SMARTS) is 1. The van der Waals surface area contributed by atoms with E-state index in [0.717, 1.165) is 27.8 Å². The van der Waals surface area contributed by atoms with E-state index in [9.17, 15) is 18.3 Å². The van der Waals surface area contributed by atoms with E-state index in [-0.39, 0.29) is 17.5 Å². The fourth-order valence-corrected chi connectivity index (χ4v) is 5.87. The van der Waals surface area contributed by atoms with Crippen molar-refractivity contribution in [3.8, 4) is 0 Å². The highest BCUT2D eigenvalue weighted by atomic mass is 32.2. The minimum absolute atomic E-state index is 0.0904. The number of anilines is 1. The number of para-hydroxylation sites is 1. The van der Waals surface area contributed by atoms with Gasteiger partial charge in [-0.15, -0.1) is 0 Å². The summed E-state index contributed by atoms with van der Waals surface area (Å²) in [5.41, 5.74) is 3.88. The average Bonchev–Trinajstić information content (AvgIpc) is 3.06. The molecule has 3 aromatic rings. The van der Waals surface area contributed by atoms with E-state index < -0.39 is 16.0 Å².